The summed E-state index contributed by atoms with van der Waals surface area (Å²) in [6, 6.07) is 17.1. The molecule has 0 heterocycles. The molecule has 0 spiro atoms. The minimum absolute atomic E-state index is 0.164. The van der Waals surface area contributed by atoms with Crippen molar-refractivity contribution < 1.29 is 34.1 Å². The largest absolute Gasteiger partial charge is 0.495 e. The summed E-state index contributed by atoms with van der Waals surface area (Å²) in [5, 5.41) is 23.4. The highest BCUT2D eigenvalue weighted by Gasteiger charge is 2.20. The normalized spacial score (nSPS) is 11.3. The molecule has 180 valence electrons. The van der Waals surface area contributed by atoms with Gasteiger partial charge in [-0.05, 0) is 61.5 Å². The number of rotatable bonds is 9. The number of thioether (sulfide) groups is 1. The van der Waals surface area contributed by atoms with Gasteiger partial charge in [-0.2, -0.15) is 0 Å². The Morgan fingerprint density at radius 3 is 2.17 bits per heavy atom. The van der Waals surface area contributed by atoms with Gasteiger partial charge in [0.1, 0.15) is 5.75 Å². The van der Waals surface area contributed by atoms with Crippen molar-refractivity contribution >= 4 is 46.9 Å². The van der Waals surface area contributed by atoms with Gasteiger partial charge in [-0.15, -0.1) is 11.8 Å². The number of methoxy groups -OCH3 is 1. The molecule has 3 rings (SSSR count). The molecule has 3 aromatic carbocycles. The predicted molar refractivity (Wildman–Crippen MR) is 132 cm³/mol. The summed E-state index contributed by atoms with van der Waals surface area (Å²) in [6.45, 7) is 1.76. The summed E-state index contributed by atoms with van der Waals surface area (Å²) in [5.41, 5.74) is 0.169. The Morgan fingerprint density at radius 1 is 0.857 bits per heavy atom. The Bertz CT molecular complexity index is 1280. The van der Waals surface area contributed by atoms with Gasteiger partial charge in [-0.1, -0.05) is 12.1 Å². The van der Waals surface area contributed by atoms with Crippen molar-refractivity contribution in [2.75, 3.05) is 17.7 Å². The van der Waals surface area contributed by atoms with E-state index in [4.69, 9.17) is 9.84 Å². The summed E-state index contributed by atoms with van der Waals surface area (Å²) in [7, 11) is 1.52. The molecule has 2 amide bonds. The molecule has 0 saturated heterocycles. The van der Waals surface area contributed by atoms with Crippen molar-refractivity contribution in [3.05, 3.63) is 83.4 Å². The molecule has 3 aromatic rings. The maximum Gasteiger partial charge on any atom is 0.336 e. The Morgan fingerprint density at radius 2 is 1.54 bits per heavy atom. The molecule has 10 heteroatoms. The number of anilines is 2. The number of para-hydroxylation sites is 2. The van der Waals surface area contributed by atoms with Gasteiger partial charge < -0.3 is 25.6 Å². The third-order valence-electron chi connectivity index (χ3n) is 4.90. The first-order valence-corrected chi connectivity index (χ1v) is 11.2. The maximum absolute atomic E-state index is 12.6. The molecule has 0 aliphatic rings. The fraction of sp³-hybridized carbons (Fsp3) is 0.120. The van der Waals surface area contributed by atoms with Crippen molar-refractivity contribution in [1.29, 1.82) is 0 Å². The van der Waals surface area contributed by atoms with Gasteiger partial charge in [-0.3, -0.25) is 9.59 Å². The summed E-state index contributed by atoms with van der Waals surface area (Å²) < 4.78 is 5.24. The van der Waals surface area contributed by atoms with Crippen LogP contribution in [0.5, 0.6) is 5.75 Å². The number of carbonyl (C=O) groups excluding carboxylic acids is 2. The topological polar surface area (TPSA) is 142 Å². The maximum atomic E-state index is 12.6. The van der Waals surface area contributed by atoms with Crippen LogP contribution in [0.25, 0.3) is 0 Å². The first-order chi connectivity index (χ1) is 16.7. The molecule has 1 unspecified atom stereocenters. The lowest BCUT2D eigenvalue weighted by molar-refractivity contribution is -0.115. The summed E-state index contributed by atoms with van der Waals surface area (Å²) >= 11 is 1.32. The fourth-order valence-corrected chi connectivity index (χ4v) is 3.97. The van der Waals surface area contributed by atoms with Crippen LogP contribution in [-0.2, 0) is 4.79 Å². The van der Waals surface area contributed by atoms with Crippen molar-refractivity contribution in [2.45, 2.75) is 17.1 Å². The molecule has 0 saturated carbocycles. The molecule has 0 aliphatic carbocycles. The number of carboxylic acids is 2. The Labute approximate surface area is 205 Å². The van der Waals surface area contributed by atoms with E-state index in [1.807, 2.05) is 0 Å². The van der Waals surface area contributed by atoms with Gasteiger partial charge in [-0.25, -0.2) is 9.59 Å². The summed E-state index contributed by atoms with van der Waals surface area (Å²) in [4.78, 5) is 48.6. The number of aromatic carboxylic acids is 2. The molecule has 0 radical (unpaired) electrons. The average molecular weight is 495 g/mol. The van der Waals surface area contributed by atoms with Crippen molar-refractivity contribution in [3.63, 3.8) is 0 Å². The minimum Gasteiger partial charge on any atom is -0.495 e. The third kappa shape index (κ3) is 6.39. The van der Waals surface area contributed by atoms with Gasteiger partial charge >= 0.3 is 11.9 Å². The van der Waals surface area contributed by atoms with E-state index in [2.05, 4.69) is 10.6 Å². The highest BCUT2D eigenvalue weighted by molar-refractivity contribution is 8.00. The van der Waals surface area contributed by atoms with E-state index >= 15 is 0 Å². The average Bonchev–Trinajstić information content (AvgIpc) is 2.84. The van der Waals surface area contributed by atoms with E-state index in [1.165, 1.54) is 24.9 Å². The lowest BCUT2D eigenvalue weighted by Crippen LogP contribution is -2.22. The van der Waals surface area contributed by atoms with Crippen LogP contribution < -0.4 is 15.4 Å². The first-order valence-electron chi connectivity index (χ1n) is 10.3. The lowest BCUT2D eigenvalue weighted by Gasteiger charge is -2.14. The highest BCUT2D eigenvalue weighted by Crippen LogP contribution is 2.28. The van der Waals surface area contributed by atoms with Crippen molar-refractivity contribution in [1.82, 2.24) is 0 Å². The second kappa shape index (κ2) is 11.2. The van der Waals surface area contributed by atoms with E-state index in [0.29, 0.717) is 17.1 Å². The molecular weight excluding hydrogens is 472 g/mol. The standard InChI is InChI=1S/C25H22N2O7S/c1-14(22(28)27-20-5-3-4-6-21(20)34-2)35-17-10-8-16(9-11-17)26-23(29)18-12-7-15(24(30)31)13-19(18)25(32)33/h3-14H,1-2H3,(H,26,29)(H,27,28)(H,30,31)(H,32,33). The van der Waals surface area contributed by atoms with Gasteiger partial charge in [0.15, 0.2) is 0 Å². The summed E-state index contributed by atoms with van der Waals surface area (Å²) in [6.07, 6.45) is 0. The quantitative estimate of drug-likeness (QED) is 0.319. The Kier molecular flexibility index (Phi) is 8.11. The van der Waals surface area contributed by atoms with Gasteiger partial charge in [0.25, 0.3) is 5.91 Å². The molecule has 9 nitrogen and oxygen atoms in total. The molecule has 4 N–H and O–H groups in total. The molecule has 0 bridgehead atoms. The second-order valence-corrected chi connectivity index (χ2v) is 8.71. The number of carboxylic acid groups (broad SMARTS) is 2. The zero-order valence-electron chi connectivity index (χ0n) is 18.8. The second-order valence-electron chi connectivity index (χ2n) is 7.30. The number of benzene rings is 3. The van der Waals surface area contributed by atoms with E-state index in [1.54, 1.807) is 55.5 Å². The fourth-order valence-electron chi connectivity index (χ4n) is 3.11. The number of ether oxygens (including phenoxy) is 1. The summed E-state index contributed by atoms with van der Waals surface area (Å²) in [5.74, 6) is -3.04. The zero-order valence-corrected chi connectivity index (χ0v) is 19.6. The van der Waals surface area contributed by atoms with Crippen LogP contribution in [-0.4, -0.2) is 46.3 Å². The van der Waals surface area contributed by atoms with Gasteiger partial charge in [0, 0.05) is 10.6 Å². The first kappa shape index (κ1) is 25.3. The van der Waals surface area contributed by atoms with Gasteiger partial charge in [0.2, 0.25) is 5.91 Å². The number of hydrogen-bond donors (Lipinski definition) is 4. The van der Waals surface area contributed by atoms with E-state index in [0.717, 1.165) is 17.0 Å². The van der Waals surface area contributed by atoms with Crippen LogP contribution in [0, 0.1) is 0 Å². The SMILES string of the molecule is COc1ccccc1NC(=O)C(C)Sc1ccc(NC(=O)c2ccc(C(=O)O)cc2C(=O)O)cc1. The van der Waals surface area contributed by atoms with Crippen LogP contribution in [0.4, 0.5) is 11.4 Å². The lowest BCUT2D eigenvalue weighted by atomic mass is 10.0. The number of carbonyl (C=O) groups is 4. The van der Waals surface area contributed by atoms with Crippen LogP contribution in [0.3, 0.4) is 0 Å². The Hall–Kier alpha value is -4.31. The van der Waals surface area contributed by atoms with Crippen LogP contribution >= 0.6 is 11.8 Å². The molecule has 0 aromatic heterocycles. The van der Waals surface area contributed by atoms with E-state index in [9.17, 15) is 24.3 Å². The van der Waals surface area contributed by atoms with E-state index in [-0.39, 0.29) is 17.0 Å². The predicted octanol–water partition coefficient (Wildman–Crippen LogP) is 4.46. The number of amides is 2. The number of nitrogens with one attached hydrogen (secondary N) is 2. The molecule has 0 aliphatic heterocycles. The number of hydrogen-bond acceptors (Lipinski definition) is 6. The van der Waals surface area contributed by atoms with Crippen LogP contribution in [0.15, 0.2) is 71.6 Å². The third-order valence-corrected chi connectivity index (χ3v) is 6.01. The van der Waals surface area contributed by atoms with Crippen LogP contribution in [0.2, 0.25) is 0 Å². The molecule has 35 heavy (non-hydrogen) atoms. The minimum atomic E-state index is -1.41. The molecular formula is C25H22N2O7S. The smallest absolute Gasteiger partial charge is 0.336 e. The highest BCUT2D eigenvalue weighted by atomic mass is 32.2. The van der Waals surface area contributed by atoms with Crippen LogP contribution in [0.1, 0.15) is 38.0 Å². The zero-order chi connectivity index (χ0) is 25.5. The van der Waals surface area contributed by atoms with E-state index < -0.39 is 28.7 Å². The monoisotopic (exact) mass is 494 g/mol. The van der Waals surface area contributed by atoms with Crippen molar-refractivity contribution in [3.8, 4) is 5.75 Å². The molecule has 0 fully saturated rings. The Balaban J connectivity index is 1.65. The van der Waals surface area contributed by atoms with Gasteiger partial charge in [0.05, 0.1) is 34.7 Å². The molecule has 1 atom stereocenters. The van der Waals surface area contributed by atoms with Crippen molar-refractivity contribution in [2.24, 2.45) is 0 Å².